The molecule has 1 fully saturated rings. The number of rotatable bonds is 7. The highest BCUT2D eigenvalue weighted by molar-refractivity contribution is 5.84. The Hall–Kier alpha value is -2.87. The minimum atomic E-state index is -0.0402. The van der Waals surface area contributed by atoms with Crippen LogP contribution in [-0.2, 0) is 17.9 Å². The molecule has 1 aromatic carbocycles. The van der Waals surface area contributed by atoms with Gasteiger partial charge in [0, 0.05) is 39.8 Å². The molecule has 31 heavy (non-hydrogen) atoms. The van der Waals surface area contributed by atoms with Gasteiger partial charge >= 0.3 is 0 Å². The molecule has 1 amide bonds. The number of hydrogen-bond acceptors (Lipinski definition) is 5. The van der Waals surface area contributed by atoms with Gasteiger partial charge in [-0.15, -0.1) is 0 Å². The van der Waals surface area contributed by atoms with E-state index in [0.717, 1.165) is 43.9 Å². The number of oxazole rings is 1. The topological polar surface area (TPSA) is 86.0 Å². The first-order valence-electron chi connectivity index (χ1n) is 10.8. The number of aryl methyl sites for hydroxylation is 2. The monoisotopic (exact) mass is 426 g/mol. The van der Waals surface area contributed by atoms with E-state index in [1.54, 1.807) is 19.0 Å². The van der Waals surface area contributed by atoms with Gasteiger partial charge in [-0.05, 0) is 32.3 Å². The van der Waals surface area contributed by atoms with Crippen molar-refractivity contribution in [3.8, 4) is 0 Å². The van der Waals surface area contributed by atoms with Crippen LogP contribution in [0.15, 0.2) is 39.7 Å². The summed E-state index contributed by atoms with van der Waals surface area (Å²) < 4.78 is 5.65. The second kappa shape index (κ2) is 10.9. The third kappa shape index (κ3) is 7.10. The molecule has 0 atom stereocenters. The summed E-state index contributed by atoms with van der Waals surface area (Å²) in [5.74, 6) is 2.00. The third-order valence-corrected chi connectivity index (χ3v) is 5.53. The quantitative estimate of drug-likeness (QED) is 0.521. The molecular formula is C23H34N6O2. The van der Waals surface area contributed by atoms with Crippen LogP contribution < -0.4 is 10.6 Å². The summed E-state index contributed by atoms with van der Waals surface area (Å²) in [7, 11) is 3.47. The first-order valence-corrected chi connectivity index (χ1v) is 10.8. The number of nitrogens with zero attached hydrogens (tertiary/aromatic N) is 4. The summed E-state index contributed by atoms with van der Waals surface area (Å²) in [5.41, 5.74) is 2.23. The van der Waals surface area contributed by atoms with Gasteiger partial charge in [-0.25, -0.2) is 9.98 Å². The van der Waals surface area contributed by atoms with Crippen molar-refractivity contribution in [2.75, 3.05) is 33.7 Å². The molecule has 0 bridgehead atoms. The number of benzene rings is 1. The van der Waals surface area contributed by atoms with Crippen LogP contribution in [0.25, 0.3) is 0 Å². The Balaban J connectivity index is 1.54. The third-order valence-electron chi connectivity index (χ3n) is 5.53. The molecule has 3 rings (SSSR count). The van der Waals surface area contributed by atoms with Crippen LogP contribution in [0, 0.1) is 13.8 Å². The van der Waals surface area contributed by atoms with Crippen molar-refractivity contribution in [1.29, 1.82) is 0 Å². The minimum Gasteiger partial charge on any atom is -0.444 e. The van der Waals surface area contributed by atoms with Gasteiger partial charge in [0.2, 0.25) is 11.8 Å². The maximum atomic E-state index is 12.0. The van der Waals surface area contributed by atoms with E-state index in [9.17, 15) is 4.79 Å². The summed E-state index contributed by atoms with van der Waals surface area (Å²) >= 11 is 0. The number of carbonyl (C=O) groups excluding carboxylic acids is 1. The normalized spacial score (nSPS) is 15.7. The number of nitrogens with one attached hydrogen (secondary N) is 2. The number of likely N-dealkylation sites (N-methyl/N-ethyl adjacent to an activating group) is 1. The molecular weight excluding hydrogens is 392 g/mol. The van der Waals surface area contributed by atoms with Crippen LogP contribution in [0.3, 0.4) is 0 Å². The average Bonchev–Trinajstić information content (AvgIpc) is 3.09. The van der Waals surface area contributed by atoms with Crippen LogP contribution in [0.2, 0.25) is 0 Å². The molecule has 0 spiro atoms. The van der Waals surface area contributed by atoms with Crippen LogP contribution in [0.4, 0.5) is 0 Å². The van der Waals surface area contributed by atoms with Crippen molar-refractivity contribution < 1.29 is 9.21 Å². The number of aliphatic imine (C=N–C) groups is 1. The number of likely N-dealkylation sites (tertiary alicyclic amines) is 1. The van der Waals surface area contributed by atoms with E-state index in [2.05, 4.69) is 55.8 Å². The number of hydrogen-bond donors (Lipinski definition) is 2. The van der Waals surface area contributed by atoms with Gasteiger partial charge in [0.25, 0.3) is 0 Å². The fourth-order valence-corrected chi connectivity index (χ4v) is 3.49. The highest BCUT2D eigenvalue weighted by Crippen LogP contribution is 2.14. The van der Waals surface area contributed by atoms with Crippen molar-refractivity contribution in [2.24, 2.45) is 4.99 Å². The lowest BCUT2D eigenvalue weighted by molar-refractivity contribution is -0.127. The van der Waals surface area contributed by atoms with Crippen LogP contribution >= 0.6 is 0 Å². The Morgan fingerprint density at radius 2 is 1.94 bits per heavy atom. The molecule has 1 aromatic heterocycles. The molecule has 1 aliphatic heterocycles. The van der Waals surface area contributed by atoms with Crippen molar-refractivity contribution in [2.45, 2.75) is 45.8 Å². The summed E-state index contributed by atoms with van der Waals surface area (Å²) in [5, 5.41) is 6.77. The molecule has 2 heterocycles. The second-order valence-electron chi connectivity index (χ2n) is 8.24. The molecule has 0 unspecified atom stereocenters. The minimum absolute atomic E-state index is 0.0402. The predicted molar refractivity (Wildman–Crippen MR) is 122 cm³/mol. The van der Waals surface area contributed by atoms with Crippen molar-refractivity contribution >= 4 is 11.9 Å². The van der Waals surface area contributed by atoms with E-state index in [4.69, 9.17) is 4.42 Å². The van der Waals surface area contributed by atoms with Gasteiger partial charge in [-0.1, -0.05) is 30.3 Å². The van der Waals surface area contributed by atoms with E-state index in [0.29, 0.717) is 24.4 Å². The summed E-state index contributed by atoms with van der Waals surface area (Å²) in [6.45, 7) is 7.37. The molecule has 8 nitrogen and oxygen atoms in total. The van der Waals surface area contributed by atoms with Crippen LogP contribution in [0.5, 0.6) is 0 Å². The second-order valence-corrected chi connectivity index (χ2v) is 8.24. The SMILES string of the molecule is Cc1nc(CNC(=NCC(=O)N(C)C)NC2CCN(Cc3ccccc3)CC2)oc1C. The highest BCUT2D eigenvalue weighted by Gasteiger charge is 2.20. The zero-order valence-electron chi connectivity index (χ0n) is 19.0. The molecule has 1 saturated heterocycles. The van der Waals surface area contributed by atoms with E-state index in [1.165, 1.54) is 5.56 Å². The zero-order chi connectivity index (χ0) is 22.2. The van der Waals surface area contributed by atoms with Gasteiger partial charge < -0.3 is 20.0 Å². The first-order chi connectivity index (χ1) is 14.9. The molecule has 0 aliphatic carbocycles. The molecule has 0 saturated carbocycles. The molecule has 8 heteroatoms. The number of guanidine groups is 1. The van der Waals surface area contributed by atoms with E-state index < -0.39 is 0 Å². The fourth-order valence-electron chi connectivity index (χ4n) is 3.49. The number of piperidine rings is 1. The summed E-state index contributed by atoms with van der Waals surface area (Å²) in [6, 6.07) is 10.9. The van der Waals surface area contributed by atoms with Gasteiger partial charge in [0.15, 0.2) is 5.96 Å². The predicted octanol–water partition coefficient (Wildman–Crippen LogP) is 2.08. The number of amides is 1. The van der Waals surface area contributed by atoms with Crippen LogP contribution in [0.1, 0.15) is 35.7 Å². The lowest BCUT2D eigenvalue weighted by Crippen LogP contribution is -2.48. The Kier molecular flexibility index (Phi) is 8.06. The van der Waals surface area contributed by atoms with E-state index in [-0.39, 0.29) is 12.5 Å². The summed E-state index contributed by atoms with van der Waals surface area (Å²) in [6.07, 6.45) is 2.04. The van der Waals surface area contributed by atoms with Crippen LogP contribution in [-0.4, -0.2) is 66.4 Å². The standard InChI is InChI=1S/C23H34N6O2/c1-17-18(2)31-21(26-17)14-24-23(25-15-22(30)28(3)4)27-20-10-12-29(13-11-20)16-19-8-6-5-7-9-19/h5-9,20H,10-16H2,1-4H3,(H2,24,25,27). The Bertz CT molecular complexity index is 850. The van der Waals surface area contributed by atoms with E-state index >= 15 is 0 Å². The van der Waals surface area contributed by atoms with Gasteiger partial charge in [-0.2, -0.15) is 0 Å². The average molecular weight is 427 g/mol. The maximum absolute atomic E-state index is 12.0. The highest BCUT2D eigenvalue weighted by atomic mass is 16.4. The van der Waals surface area contributed by atoms with E-state index in [1.807, 2.05) is 13.8 Å². The molecule has 0 radical (unpaired) electrons. The molecule has 2 N–H and O–H groups in total. The Morgan fingerprint density at radius 3 is 2.55 bits per heavy atom. The summed E-state index contributed by atoms with van der Waals surface area (Å²) in [4.78, 5) is 24.9. The maximum Gasteiger partial charge on any atom is 0.243 e. The largest absolute Gasteiger partial charge is 0.444 e. The zero-order valence-corrected chi connectivity index (χ0v) is 19.0. The van der Waals surface area contributed by atoms with Crippen molar-refractivity contribution in [3.63, 3.8) is 0 Å². The molecule has 2 aromatic rings. The van der Waals surface area contributed by atoms with Gasteiger partial charge in [-0.3, -0.25) is 9.69 Å². The van der Waals surface area contributed by atoms with Crippen molar-refractivity contribution in [1.82, 2.24) is 25.4 Å². The fraction of sp³-hybridized carbons (Fsp3) is 0.522. The molecule has 1 aliphatic rings. The number of aromatic nitrogens is 1. The smallest absolute Gasteiger partial charge is 0.243 e. The van der Waals surface area contributed by atoms with Crippen molar-refractivity contribution in [3.05, 3.63) is 53.2 Å². The lowest BCUT2D eigenvalue weighted by atomic mass is 10.0. The van der Waals surface area contributed by atoms with Gasteiger partial charge in [0.05, 0.1) is 12.2 Å². The Labute approximate surface area is 184 Å². The van der Waals surface area contributed by atoms with Gasteiger partial charge in [0.1, 0.15) is 12.3 Å². The lowest BCUT2D eigenvalue weighted by Gasteiger charge is -2.33. The first kappa shape index (κ1) is 22.8. The molecule has 168 valence electrons. The number of carbonyl (C=O) groups is 1. The Morgan fingerprint density at radius 1 is 1.23 bits per heavy atom.